The summed E-state index contributed by atoms with van der Waals surface area (Å²) in [4.78, 5) is 12.2. The van der Waals surface area contributed by atoms with Crippen LogP contribution in [-0.4, -0.2) is 31.3 Å². The van der Waals surface area contributed by atoms with Gasteiger partial charge in [0.05, 0.1) is 11.7 Å². The average Bonchev–Trinajstić information content (AvgIpc) is 2.98. The van der Waals surface area contributed by atoms with Crippen molar-refractivity contribution in [2.45, 2.75) is 45.3 Å². The molecular weight excluding hydrogens is 254 g/mol. The van der Waals surface area contributed by atoms with Gasteiger partial charge in [-0.3, -0.25) is 4.79 Å². The number of hydrogen-bond acceptors (Lipinski definition) is 3. The van der Waals surface area contributed by atoms with Gasteiger partial charge in [0.25, 0.3) is 5.91 Å². The summed E-state index contributed by atoms with van der Waals surface area (Å²) in [5, 5.41) is 2.96. The van der Waals surface area contributed by atoms with Crippen LogP contribution in [0.3, 0.4) is 0 Å². The Kier molecular flexibility index (Phi) is 5.41. The quantitative estimate of drug-likeness (QED) is 0.869. The predicted octanol–water partition coefficient (Wildman–Crippen LogP) is 2.77. The number of para-hydroxylation sites is 1. The van der Waals surface area contributed by atoms with Crippen LogP contribution in [0.25, 0.3) is 0 Å². The lowest BCUT2D eigenvalue weighted by Crippen LogP contribution is -2.32. The van der Waals surface area contributed by atoms with Crippen molar-refractivity contribution < 1.29 is 14.3 Å². The topological polar surface area (TPSA) is 47.6 Å². The standard InChI is InChI=1S/C16H23NO3/c1-3-12(2)17-16(18)14-8-4-5-9-15(14)20-11-13-7-6-10-19-13/h4-5,8-9,12-13H,3,6-7,10-11H2,1-2H3,(H,17,18)/t12-,13-/m1/s1. The molecule has 0 saturated carbocycles. The van der Waals surface area contributed by atoms with E-state index in [0.29, 0.717) is 17.9 Å². The highest BCUT2D eigenvalue weighted by molar-refractivity contribution is 5.97. The smallest absolute Gasteiger partial charge is 0.255 e. The lowest BCUT2D eigenvalue weighted by Gasteiger charge is -2.16. The number of amides is 1. The van der Waals surface area contributed by atoms with Gasteiger partial charge in [0.1, 0.15) is 12.4 Å². The predicted molar refractivity (Wildman–Crippen MR) is 78.1 cm³/mol. The average molecular weight is 277 g/mol. The SMILES string of the molecule is CC[C@@H](C)NC(=O)c1ccccc1OC[C@H]1CCCO1. The number of carbonyl (C=O) groups excluding carboxylic acids is 1. The Morgan fingerprint density at radius 3 is 3.00 bits per heavy atom. The van der Waals surface area contributed by atoms with Crippen LogP contribution in [0.5, 0.6) is 5.75 Å². The van der Waals surface area contributed by atoms with E-state index in [1.807, 2.05) is 32.0 Å². The fourth-order valence-electron chi connectivity index (χ4n) is 2.14. The molecule has 1 aliphatic rings. The van der Waals surface area contributed by atoms with Gasteiger partial charge in [0, 0.05) is 12.6 Å². The normalized spacial score (nSPS) is 19.6. The van der Waals surface area contributed by atoms with Crippen molar-refractivity contribution in [3.05, 3.63) is 29.8 Å². The molecule has 4 nitrogen and oxygen atoms in total. The van der Waals surface area contributed by atoms with Gasteiger partial charge in [-0.1, -0.05) is 19.1 Å². The Labute approximate surface area is 120 Å². The second-order valence-corrected chi connectivity index (χ2v) is 5.22. The maximum absolute atomic E-state index is 12.2. The van der Waals surface area contributed by atoms with Crippen LogP contribution in [0.1, 0.15) is 43.5 Å². The number of carbonyl (C=O) groups is 1. The minimum atomic E-state index is -0.0812. The molecule has 0 radical (unpaired) electrons. The van der Waals surface area contributed by atoms with Gasteiger partial charge in [-0.25, -0.2) is 0 Å². The Morgan fingerprint density at radius 2 is 2.30 bits per heavy atom. The Balaban J connectivity index is 1.99. The fraction of sp³-hybridized carbons (Fsp3) is 0.562. The first-order valence-electron chi connectivity index (χ1n) is 7.35. The van der Waals surface area contributed by atoms with Gasteiger partial charge in [-0.15, -0.1) is 0 Å². The van der Waals surface area contributed by atoms with Gasteiger partial charge in [0.15, 0.2) is 0 Å². The van der Waals surface area contributed by atoms with Crippen LogP contribution in [0.2, 0.25) is 0 Å². The molecule has 110 valence electrons. The van der Waals surface area contributed by atoms with Crippen LogP contribution >= 0.6 is 0 Å². The Bertz CT molecular complexity index is 441. The molecule has 2 rings (SSSR count). The monoisotopic (exact) mass is 277 g/mol. The highest BCUT2D eigenvalue weighted by atomic mass is 16.5. The summed E-state index contributed by atoms with van der Waals surface area (Å²) in [5.74, 6) is 0.547. The van der Waals surface area contributed by atoms with E-state index in [0.717, 1.165) is 25.9 Å². The molecule has 0 aliphatic carbocycles. The van der Waals surface area contributed by atoms with Gasteiger partial charge in [-0.05, 0) is 38.3 Å². The van der Waals surface area contributed by atoms with E-state index >= 15 is 0 Å². The molecule has 20 heavy (non-hydrogen) atoms. The van der Waals surface area contributed by atoms with Crippen LogP contribution in [0.15, 0.2) is 24.3 Å². The van der Waals surface area contributed by atoms with E-state index in [1.165, 1.54) is 0 Å². The largest absolute Gasteiger partial charge is 0.490 e. The lowest BCUT2D eigenvalue weighted by atomic mass is 10.1. The number of rotatable bonds is 6. The molecule has 1 aromatic carbocycles. The zero-order valence-electron chi connectivity index (χ0n) is 12.2. The second-order valence-electron chi connectivity index (χ2n) is 5.22. The first-order valence-corrected chi connectivity index (χ1v) is 7.35. The number of ether oxygens (including phenoxy) is 2. The zero-order chi connectivity index (χ0) is 14.4. The molecule has 1 N–H and O–H groups in total. The van der Waals surface area contributed by atoms with Crippen molar-refractivity contribution in [3.8, 4) is 5.75 Å². The highest BCUT2D eigenvalue weighted by Crippen LogP contribution is 2.20. The zero-order valence-corrected chi connectivity index (χ0v) is 12.2. The van der Waals surface area contributed by atoms with Gasteiger partial charge in [-0.2, -0.15) is 0 Å². The molecule has 2 atom stereocenters. The number of hydrogen-bond donors (Lipinski definition) is 1. The molecule has 0 bridgehead atoms. The van der Waals surface area contributed by atoms with E-state index < -0.39 is 0 Å². The molecular formula is C16H23NO3. The van der Waals surface area contributed by atoms with E-state index in [1.54, 1.807) is 6.07 Å². The van der Waals surface area contributed by atoms with Gasteiger partial charge >= 0.3 is 0 Å². The summed E-state index contributed by atoms with van der Waals surface area (Å²) in [6.07, 6.45) is 3.18. The number of benzene rings is 1. The van der Waals surface area contributed by atoms with Crippen molar-refractivity contribution in [1.82, 2.24) is 5.32 Å². The maximum Gasteiger partial charge on any atom is 0.255 e. The van der Waals surface area contributed by atoms with E-state index in [2.05, 4.69) is 5.32 Å². The summed E-state index contributed by atoms with van der Waals surface area (Å²) in [7, 11) is 0. The lowest BCUT2D eigenvalue weighted by molar-refractivity contribution is 0.0670. The number of nitrogens with one attached hydrogen (secondary N) is 1. The summed E-state index contributed by atoms with van der Waals surface area (Å²) in [6.45, 7) is 5.36. The van der Waals surface area contributed by atoms with Gasteiger partial charge in [0.2, 0.25) is 0 Å². The second kappa shape index (κ2) is 7.29. The molecule has 1 amide bonds. The van der Waals surface area contributed by atoms with Crippen molar-refractivity contribution in [3.63, 3.8) is 0 Å². The fourth-order valence-corrected chi connectivity index (χ4v) is 2.14. The minimum Gasteiger partial charge on any atom is -0.490 e. The third-order valence-electron chi connectivity index (χ3n) is 3.57. The van der Waals surface area contributed by atoms with Crippen LogP contribution in [0.4, 0.5) is 0 Å². The first-order chi connectivity index (χ1) is 9.70. The molecule has 0 spiro atoms. The summed E-state index contributed by atoms with van der Waals surface area (Å²) >= 11 is 0. The Hall–Kier alpha value is -1.55. The van der Waals surface area contributed by atoms with E-state index in [9.17, 15) is 4.79 Å². The highest BCUT2D eigenvalue weighted by Gasteiger charge is 2.18. The third kappa shape index (κ3) is 3.97. The molecule has 0 aromatic heterocycles. The third-order valence-corrected chi connectivity index (χ3v) is 3.57. The van der Waals surface area contributed by atoms with Crippen LogP contribution < -0.4 is 10.1 Å². The van der Waals surface area contributed by atoms with Gasteiger partial charge < -0.3 is 14.8 Å². The molecule has 1 aromatic rings. The summed E-state index contributed by atoms with van der Waals surface area (Å²) < 4.78 is 11.3. The Morgan fingerprint density at radius 1 is 1.50 bits per heavy atom. The van der Waals surface area contributed by atoms with Crippen molar-refractivity contribution in [2.75, 3.05) is 13.2 Å². The van der Waals surface area contributed by atoms with E-state index in [4.69, 9.17) is 9.47 Å². The summed E-state index contributed by atoms with van der Waals surface area (Å²) in [5.41, 5.74) is 0.589. The first kappa shape index (κ1) is 14.9. The van der Waals surface area contributed by atoms with Crippen molar-refractivity contribution >= 4 is 5.91 Å². The van der Waals surface area contributed by atoms with Crippen molar-refractivity contribution in [2.24, 2.45) is 0 Å². The minimum absolute atomic E-state index is 0.0812. The maximum atomic E-state index is 12.2. The molecule has 1 saturated heterocycles. The molecule has 0 unspecified atom stereocenters. The van der Waals surface area contributed by atoms with Crippen molar-refractivity contribution in [1.29, 1.82) is 0 Å². The molecule has 1 heterocycles. The van der Waals surface area contributed by atoms with Crippen LogP contribution in [-0.2, 0) is 4.74 Å². The van der Waals surface area contributed by atoms with E-state index in [-0.39, 0.29) is 18.1 Å². The molecule has 4 heteroatoms. The summed E-state index contributed by atoms with van der Waals surface area (Å²) in [6, 6.07) is 7.52. The van der Waals surface area contributed by atoms with Crippen LogP contribution in [0, 0.1) is 0 Å². The molecule has 1 fully saturated rings. The molecule has 1 aliphatic heterocycles.